The second kappa shape index (κ2) is 8.90. The molecule has 13 heteroatoms. The minimum atomic E-state index is -4.29. The van der Waals surface area contributed by atoms with Gasteiger partial charge in [-0.2, -0.15) is 13.2 Å². The van der Waals surface area contributed by atoms with Crippen LogP contribution >= 0.6 is 34.5 Å². The van der Waals surface area contributed by atoms with Gasteiger partial charge in [0.25, 0.3) is 0 Å². The minimum Gasteiger partial charge on any atom is -0.345 e. The number of halogens is 4. The van der Waals surface area contributed by atoms with Gasteiger partial charge in [-0.05, 0) is 48.5 Å². The maximum Gasteiger partial charge on any atom is 0.390 e. The van der Waals surface area contributed by atoms with Gasteiger partial charge in [-0.15, -0.1) is 16.4 Å². The molecule has 0 unspecified atom stereocenters. The third kappa shape index (κ3) is 4.53. The van der Waals surface area contributed by atoms with Crippen LogP contribution in [0.2, 0.25) is 5.02 Å². The molecule has 1 N–H and O–H groups in total. The van der Waals surface area contributed by atoms with Crippen molar-refractivity contribution in [2.75, 3.05) is 18.9 Å². The van der Waals surface area contributed by atoms with Crippen molar-refractivity contribution in [1.82, 2.24) is 24.5 Å². The number of alkyl halides is 3. The number of nitrogens with zero attached hydrogens (tertiary/aromatic N) is 5. The maximum atomic E-state index is 12.8. The highest BCUT2D eigenvalue weighted by atomic mass is 35.5. The molecule has 0 spiro atoms. The van der Waals surface area contributed by atoms with Crippen LogP contribution in [0.4, 0.5) is 24.7 Å². The molecule has 1 aliphatic carbocycles. The lowest BCUT2D eigenvalue weighted by molar-refractivity contribution is -0.146. The highest BCUT2D eigenvalue weighted by Gasteiger charge is 2.33. The third-order valence-corrected chi connectivity index (χ3v) is 8.05. The number of anilines is 2. The Bertz CT molecular complexity index is 1390. The molecule has 1 atom stereocenters. The number of carbonyl (C=O) groups excluding carboxylic acids is 1. The van der Waals surface area contributed by atoms with Gasteiger partial charge in [-0.25, -0.2) is 9.97 Å². The van der Waals surface area contributed by atoms with E-state index in [9.17, 15) is 18.0 Å². The number of benzene rings is 1. The van der Waals surface area contributed by atoms with Gasteiger partial charge in [0.15, 0.2) is 0 Å². The average molecular weight is 527 g/mol. The fourth-order valence-corrected chi connectivity index (χ4v) is 6.21. The van der Waals surface area contributed by atoms with Crippen LogP contribution in [0.1, 0.15) is 23.3 Å². The second-order valence-electron chi connectivity index (χ2n) is 8.17. The Labute approximate surface area is 205 Å². The van der Waals surface area contributed by atoms with Gasteiger partial charge in [-0.1, -0.05) is 16.1 Å². The zero-order chi connectivity index (χ0) is 24.0. The van der Waals surface area contributed by atoms with Crippen LogP contribution in [0.5, 0.6) is 0 Å². The Hall–Kier alpha value is -2.57. The average Bonchev–Trinajstić information content (AvgIpc) is 3.40. The Balaban J connectivity index is 1.40. The second-order valence-corrected chi connectivity index (χ2v) is 10.4. The first-order valence-corrected chi connectivity index (χ1v) is 12.4. The monoisotopic (exact) mass is 526 g/mol. The van der Waals surface area contributed by atoms with E-state index in [-0.39, 0.29) is 18.4 Å². The van der Waals surface area contributed by atoms with E-state index in [0.29, 0.717) is 35.8 Å². The summed E-state index contributed by atoms with van der Waals surface area (Å²) < 4.78 is 42.5. The molecule has 1 aliphatic rings. The first-order valence-electron chi connectivity index (χ1n) is 10.4. The Morgan fingerprint density at radius 2 is 2.15 bits per heavy atom. The molecule has 0 saturated heterocycles. The molecule has 3 aromatic heterocycles. The summed E-state index contributed by atoms with van der Waals surface area (Å²) in [6, 6.07) is 3.62. The predicted molar refractivity (Wildman–Crippen MR) is 127 cm³/mol. The molecule has 178 valence electrons. The van der Waals surface area contributed by atoms with Gasteiger partial charge in [-0.3, -0.25) is 4.79 Å². The molecule has 5 rings (SSSR count). The fraction of sp³-hybridized carbons (Fsp3) is 0.381. The Morgan fingerprint density at radius 3 is 2.94 bits per heavy atom. The van der Waals surface area contributed by atoms with Gasteiger partial charge in [0.1, 0.15) is 22.5 Å². The summed E-state index contributed by atoms with van der Waals surface area (Å²) in [4.78, 5) is 24.6. The third-order valence-electron chi connectivity index (χ3n) is 5.89. The van der Waals surface area contributed by atoms with Gasteiger partial charge >= 0.3 is 6.18 Å². The summed E-state index contributed by atoms with van der Waals surface area (Å²) in [6.45, 7) is -0.335. The van der Waals surface area contributed by atoms with Crippen LogP contribution in [0.15, 0.2) is 18.5 Å². The molecule has 0 fully saturated rings. The van der Waals surface area contributed by atoms with E-state index in [2.05, 4.69) is 24.9 Å². The van der Waals surface area contributed by atoms with Crippen molar-refractivity contribution >= 4 is 72.3 Å². The largest absolute Gasteiger partial charge is 0.390 e. The summed E-state index contributed by atoms with van der Waals surface area (Å²) in [5, 5.41) is 8.72. The lowest BCUT2D eigenvalue weighted by Gasteiger charge is -2.27. The molecule has 0 aliphatic heterocycles. The number of aryl methyl sites for hydroxylation is 1. The van der Waals surface area contributed by atoms with Crippen molar-refractivity contribution in [3.05, 3.63) is 33.9 Å². The molecule has 7 nitrogen and oxygen atoms in total. The van der Waals surface area contributed by atoms with Crippen molar-refractivity contribution in [3.63, 3.8) is 0 Å². The first kappa shape index (κ1) is 23.2. The smallest absolute Gasteiger partial charge is 0.345 e. The van der Waals surface area contributed by atoms with Crippen molar-refractivity contribution in [3.8, 4) is 0 Å². The molecular formula is C21H18ClF3N6OS2. The van der Waals surface area contributed by atoms with Gasteiger partial charge in [0.2, 0.25) is 5.91 Å². The van der Waals surface area contributed by atoms with E-state index >= 15 is 0 Å². The van der Waals surface area contributed by atoms with E-state index < -0.39 is 12.6 Å². The Kier molecular flexibility index (Phi) is 6.07. The highest BCUT2D eigenvalue weighted by molar-refractivity contribution is 7.19. The lowest BCUT2D eigenvalue weighted by Crippen LogP contribution is -2.37. The number of hydrogen-bond donors (Lipinski definition) is 1. The van der Waals surface area contributed by atoms with E-state index in [1.54, 1.807) is 6.07 Å². The summed E-state index contributed by atoms with van der Waals surface area (Å²) in [6.07, 6.45) is -2.17. The van der Waals surface area contributed by atoms with E-state index in [0.717, 1.165) is 30.9 Å². The predicted octanol–water partition coefficient (Wildman–Crippen LogP) is 5.61. The standard InChI is InChI=1S/C21H18ClF3N6OS2/c1-31(5-4-21(23,24)25)20(32)10-2-3-11-15(6-10)33-19-17(11)18(26-9-27-19)28-13-8-16-14(7-12(13)22)29-30-34-16/h7-10H,2-6H2,1H3,(H,26,27,28)/t10-/m0/s1. The van der Waals surface area contributed by atoms with Crippen LogP contribution < -0.4 is 5.32 Å². The van der Waals surface area contributed by atoms with Crippen molar-refractivity contribution in [1.29, 1.82) is 0 Å². The van der Waals surface area contributed by atoms with Crippen LogP contribution in [-0.2, 0) is 17.6 Å². The number of aromatic nitrogens is 4. The van der Waals surface area contributed by atoms with Gasteiger partial charge in [0, 0.05) is 24.4 Å². The Morgan fingerprint density at radius 1 is 1.32 bits per heavy atom. The summed E-state index contributed by atoms with van der Waals surface area (Å²) in [7, 11) is 1.43. The van der Waals surface area contributed by atoms with Crippen LogP contribution in [0, 0.1) is 5.92 Å². The number of hydrogen-bond acceptors (Lipinski definition) is 8. The zero-order valence-electron chi connectivity index (χ0n) is 17.8. The maximum absolute atomic E-state index is 12.8. The van der Waals surface area contributed by atoms with Crippen LogP contribution in [-0.4, -0.2) is 50.1 Å². The number of thiophene rings is 1. The molecule has 34 heavy (non-hydrogen) atoms. The van der Waals surface area contributed by atoms with Gasteiger partial charge < -0.3 is 10.2 Å². The van der Waals surface area contributed by atoms with E-state index in [1.807, 2.05) is 6.07 Å². The van der Waals surface area contributed by atoms with Crippen molar-refractivity contribution in [2.24, 2.45) is 5.92 Å². The van der Waals surface area contributed by atoms with Gasteiger partial charge in [0.05, 0.1) is 27.2 Å². The first-order chi connectivity index (χ1) is 16.2. The van der Waals surface area contributed by atoms with Crippen LogP contribution in [0.3, 0.4) is 0 Å². The highest BCUT2D eigenvalue weighted by Crippen LogP contribution is 2.41. The normalized spacial score (nSPS) is 16.1. The number of nitrogens with one attached hydrogen (secondary N) is 1. The fourth-order valence-electron chi connectivity index (χ4n) is 4.16. The number of amides is 1. The summed E-state index contributed by atoms with van der Waals surface area (Å²) in [5.41, 5.74) is 2.47. The molecule has 3 heterocycles. The molecule has 4 aromatic rings. The number of carbonyl (C=O) groups is 1. The number of fused-ring (bicyclic) bond motifs is 4. The van der Waals surface area contributed by atoms with E-state index in [1.165, 1.54) is 41.1 Å². The molecule has 1 amide bonds. The van der Waals surface area contributed by atoms with Crippen LogP contribution in [0.25, 0.3) is 20.4 Å². The molecular weight excluding hydrogens is 509 g/mol. The lowest BCUT2D eigenvalue weighted by atomic mass is 9.87. The van der Waals surface area contributed by atoms with E-state index in [4.69, 9.17) is 11.6 Å². The molecule has 1 aromatic carbocycles. The minimum absolute atomic E-state index is 0.255. The summed E-state index contributed by atoms with van der Waals surface area (Å²) in [5.74, 6) is 0.0159. The molecule has 0 saturated carbocycles. The van der Waals surface area contributed by atoms with Crippen molar-refractivity contribution < 1.29 is 18.0 Å². The SMILES string of the molecule is CN(CCC(F)(F)F)C(=O)[C@H]1CCc2c(sc3ncnc(Nc4cc5snnc5cc4Cl)c23)C1. The summed E-state index contributed by atoms with van der Waals surface area (Å²) >= 11 is 9.20. The quantitative estimate of drug-likeness (QED) is 0.364. The molecule has 0 radical (unpaired) electrons. The number of rotatable bonds is 5. The van der Waals surface area contributed by atoms with Crippen molar-refractivity contribution in [2.45, 2.75) is 31.9 Å². The molecule has 0 bridgehead atoms. The topological polar surface area (TPSA) is 83.9 Å². The zero-order valence-corrected chi connectivity index (χ0v) is 20.2.